The molecule has 8 heteroatoms. The largest absolute Gasteiger partial charge is 0.497 e. The molecule has 0 aromatic heterocycles. The lowest BCUT2D eigenvalue weighted by molar-refractivity contribution is -0.453. The van der Waals surface area contributed by atoms with Gasteiger partial charge in [0.05, 0.1) is 31.3 Å². The van der Waals surface area contributed by atoms with E-state index in [1.165, 1.54) is 14.2 Å². The summed E-state index contributed by atoms with van der Waals surface area (Å²) in [7, 11) is 2.84. The van der Waals surface area contributed by atoms with Gasteiger partial charge in [-0.3, -0.25) is 10.1 Å². The van der Waals surface area contributed by atoms with Gasteiger partial charge < -0.3 is 18.9 Å². The number of nitro groups is 1. The minimum atomic E-state index is -1.53. The van der Waals surface area contributed by atoms with Crippen LogP contribution in [0.5, 0.6) is 5.75 Å². The zero-order chi connectivity index (χ0) is 18.0. The Morgan fingerprint density at radius 3 is 2.64 bits per heavy atom. The number of halogens is 1. The molecular weight excluding hydrogens is 333 g/mol. The summed E-state index contributed by atoms with van der Waals surface area (Å²) < 4.78 is 36.3. The van der Waals surface area contributed by atoms with Crippen LogP contribution in [0, 0.1) is 10.1 Å². The zero-order valence-electron chi connectivity index (χ0n) is 13.9. The fourth-order valence-electron chi connectivity index (χ4n) is 3.13. The first kappa shape index (κ1) is 17.5. The number of hydrogen-bond acceptors (Lipinski definition) is 6. The Balaban J connectivity index is 2.10. The molecule has 3 rings (SSSR count). The van der Waals surface area contributed by atoms with Gasteiger partial charge in [-0.05, 0) is 23.3 Å². The molecular formula is C17H18FNO6. The average Bonchev–Trinajstić information content (AvgIpc) is 3.17. The number of rotatable bonds is 5. The van der Waals surface area contributed by atoms with Crippen molar-refractivity contribution in [2.45, 2.75) is 18.3 Å². The van der Waals surface area contributed by atoms with Gasteiger partial charge in [0, 0.05) is 13.5 Å². The SMILES string of the molecule is COc1cccc(C2=C(F)C=C([N+](=O)[O-])C(OC)(C3OCCO3)C2)c1. The molecule has 0 amide bonds. The first-order chi connectivity index (χ1) is 12.0. The molecule has 1 aliphatic carbocycles. The molecule has 0 bridgehead atoms. The molecule has 0 saturated carbocycles. The van der Waals surface area contributed by atoms with E-state index in [1.807, 2.05) is 0 Å². The van der Waals surface area contributed by atoms with Crippen LogP contribution in [0.3, 0.4) is 0 Å². The third-order valence-corrected chi connectivity index (χ3v) is 4.41. The first-order valence-electron chi connectivity index (χ1n) is 7.70. The number of benzene rings is 1. The molecule has 1 fully saturated rings. The van der Waals surface area contributed by atoms with Gasteiger partial charge >= 0.3 is 0 Å². The van der Waals surface area contributed by atoms with Gasteiger partial charge in [0.15, 0.2) is 6.29 Å². The highest BCUT2D eigenvalue weighted by atomic mass is 19.1. The van der Waals surface area contributed by atoms with Crippen molar-refractivity contribution < 1.29 is 28.3 Å². The maximum atomic E-state index is 14.7. The maximum Gasteiger partial charge on any atom is 0.286 e. The van der Waals surface area contributed by atoms with Crippen LogP contribution in [0.2, 0.25) is 0 Å². The molecule has 0 N–H and O–H groups in total. The van der Waals surface area contributed by atoms with Gasteiger partial charge in [-0.15, -0.1) is 0 Å². The van der Waals surface area contributed by atoms with Gasteiger partial charge in [-0.1, -0.05) is 12.1 Å². The van der Waals surface area contributed by atoms with Gasteiger partial charge in [-0.2, -0.15) is 0 Å². The van der Waals surface area contributed by atoms with Crippen molar-refractivity contribution in [3.05, 3.63) is 57.5 Å². The molecule has 0 spiro atoms. The van der Waals surface area contributed by atoms with Crippen molar-refractivity contribution in [2.24, 2.45) is 0 Å². The predicted octanol–water partition coefficient (Wildman–Crippen LogP) is 2.70. The first-order valence-corrected chi connectivity index (χ1v) is 7.70. The topological polar surface area (TPSA) is 80.1 Å². The Bertz CT molecular complexity index is 740. The van der Waals surface area contributed by atoms with Crippen LogP contribution in [0.4, 0.5) is 4.39 Å². The van der Waals surface area contributed by atoms with Crippen LogP contribution in [0.25, 0.3) is 5.57 Å². The van der Waals surface area contributed by atoms with E-state index in [-0.39, 0.29) is 12.0 Å². The third kappa shape index (κ3) is 3.04. The van der Waals surface area contributed by atoms with Gasteiger partial charge in [0.1, 0.15) is 11.6 Å². The summed E-state index contributed by atoms with van der Waals surface area (Å²) in [6.07, 6.45) is -0.199. The Hall–Kier alpha value is -2.29. The number of ether oxygens (including phenoxy) is 4. The summed E-state index contributed by atoms with van der Waals surface area (Å²) in [5.74, 6) is -0.135. The molecule has 7 nitrogen and oxygen atoms in total. The highest BCUT2D eigenvalue weighted by molar-refractivity contribution is 5.73. The molecule has 2 aliphatic rings. The Morgan fingerprint density at radius 2 is 2.04 bits per heavy atom. The average molecular weight is 351 g/mol. The van der Waals surface area contributed by atoms with E-state index < -0.39 is 28.3 Å². The minimum Gasteiger partial charge on any atom is -0.497 e. The van der Waals surface area contributed by atoms with Gasteiger partial charge in [0.25, 0.3) is 5.70 Å². The number of allylic oxidation sites excluding steroid dienone is 2. The zero-order valence-corrected chi connectivity index (χ0v) is 13.9. The highest BCUT2D eigenvalue weighted by Gasteiger charge is 2.55. The summed E-state index contributed by atoms with van der Waals surface area (Å²) in [6, 6.07) is 6.82. The quantitative estimate of drug-likeness (QED) is 0.599. The van der Waals surface area contributed by atoms with E-state index in [0.717, 1.165) is 6.08 Å². The molecule has 1 saturated heterocycles. The van der Waals surface area contributed by atoms with Gasteiger partial charge in [-0.25, -0.2) is 4.39 Å². The molecule has 1 aromatic carbocycles. The second kappa shape index (κ2) is 6.91. The van der Waals surface area contributed by atoms with Crippen LogP contribution in [0.1, 0.15) is 12.0 Å². The molecule has 1 aromatic rings. The molecule has 1 heterocycles. The van der Waals surface area contributed by atoms with Crippen molar-refractivity contribution in [1.29, 1.82) is 0 Å². The Morgan fingerprint density at radius 1 is 1.32 bits per heavy atom. The van der Waals surface area contributed by atoms with E-state index >= 15 is 0 Å². The number of methoxy groups -OCH3 is 2. The normalized spacial score (nSPS) is 24.4. The van der Waals surface area contributed by atoms with Crippen LogP contribution >= 0.6 is 0 Å². The predicted molar refractivity (Wildman–Crippen MR) is 86.1 cm³/mol. The molecule has 1 aliphatic heterocycles. The fraction of sp³-hybridized carbons (Fsp3) is 0.412. The standard InChI is InChI=1S/C17H18FNO6/c1-22-12-5-3-4-11(8-12)13-10-17(23-2,16-24-6-7-25-16)15(19(20)21)9-14(13)18/h3-5,8-9,16H,6-7,10H2,1-2H3. The van der Waals surface area contributed by atoms with Crippen LogP contribution in [-0.4, -0.2) is 44.2 Å². The van der Waals surface area contributed by atoms with Crippen molar-refractivity contribution in [3.63, 3.8) is 0 Å². The Labute approximate surface area is 143 Å². The molecule has 1 atom stereocenters. The summed E-state index contributed by atoms with van der Waals surface area (Å²) in [5.41, 5.74) is -1.14. The lowest BCUT2D eigenvalue weighted by Gasteiger charge is -2.36. The molecule has 0 radical (unpaired) electrons. The molecule has 25 heavy (non-hydrogen) atoms. The van der Waals surface area contributed by atoms with Crippen LogP contribution < -0.4 is 4.74 Å². The Kier molecular flexibility index (Phi) is 4.85. The number of nitrogens with zero attached hydrogens (tertiary/aromatic N) is 1. The number of hydrogen-bond donors (Lipinski definition) is 0. The summed E-state index contributed by atoms with van der Waals surface area (Å²) in [4.78, 5) is 10.9. The minimum absolute atomic E-state index is 0.0972. The lowest BCUT2D eigenvalue weighted by Crippen LogP contribution is -2.50. The summed E-state index contributed by atoms with van der Waals surface area (Å²) >= 11 is 0. The summed E-state index contributed by atoms with van der Waals surface area (Å²) in [6.45, 7) is 0.586. The van der Waals surface area contributed by atoms with E-state index in [0.29, 0.717) is 24.5 Å². The maximum absolute atomic E-state index is 14.7. The molecule has 134 valence electrons. The van der Waals surface area contributed by atoms with Crippen LogP contribution in [0.15, 0.2) is 41.9 Å². The van der Waals surface area contributed by atoms with E-state index in [1.54, 1.807) is 24.3 Å². The molecule has 1 unspecified atom stereocenters. The fourth-order valence-corrected chi connectivity index (χ4v) is 3.13. The smallest absolute Gasteiger partial charge is 0.286 e. The highest BCUT2D eigenvalue weighted by Crippen LogP contribution is 2.45. The lowest BCUT2D eigenvalue weighted by atomic mass is 9.82. The van der Waals surface area contributed by atoms with E-state index in [2.05, 4.69) is 0 Å². The van der Waals surface area contributed by atoms with Gasteiger partial charge in [0.2, 0.25) is 5.60 Å². The van der Waals surface area contributed by atoms with Crippen molar-refractivity contribution in [2.75, 3.05) is 27.4 Å². The van der Waals surface area contributed by atoms with Crippen LogP contribution in [-0.2, 0) is 14.2 Å². The van der Waals surface area contributed by atoms with Crippen molar-refractivity contribution in [3.8, 4) is 5.75 Å². The van der Waals surface area contributed by atoms with Crippen molar-refractivity contribution >= 4 is 5.57 Å². The summed E-state index contributed by atoms with van der Waals surface area (Å²) in [5, 5.41) is 11.5. The monoisotopic (exact) mass is 351 g/mol. The second-order valence-corrected chi connectivity index (χ2v) is 5.69. The second-order valence-electron chi connectivity index (χ2n) is 5.69. The van der Waals surface area contributed by atoms with E-state index in [4.69, 9.17) is 18.9 Å². The van der Waals surface area contributed by atoms with E-state index in [9.17, 15) is 14.5 Å². The third-order valence-electron chi connectivity index (χ3n) is 4.41. The van der Waals surface area contributed by atoms with Crippen molar-refractivity contribution in [1.82, 2.24) is 0 Å².